The summed E-state index contributed by atoms with van der Waals surface area (Å²) in [7, 11) is -3.29. The molecular formula is C16H26IN3O2S. The number of aliphatic imine (C=N–C) groups is 1. The highest BCUT2D eigenvalue weighted by Gasteiger charge is 2.25. The standard InChI is InChI=1S/C16H25N3O2S.HI/c1-3-13(18-16(17-4-2)19-14-10-11-14)12-22(20,21)15-8-6-5-7-9-15;/h5-9,13-14H,3-4,10-12H2,1-2H3,(H2,17,18,19);1H. The third-order valence-electron chi connectivity index (χ3n) is 3.59. The molecule has 23 heavy (non-hydrogen) atoms. The normalized spacial score (nSPS) is 16.3. The fourth-order valence-electron chi connectivity index (χ4n) is 2.16. The van der Waals surface area contributed by atoms with Crippen LogP contribution < -0.4 is 10.6 Å². The zero-order valence-electron chi connectivity index (χ0n) is 13.7. The van der Waals surface area contributed by atoms with Crippen molar-refractivity contribution in [1.29, 1.82) is 0 Å². The summed E-state index contributed by atoms with van der Waals surface area (Å²) in [6.45, 7) is 4.63. The third kappa shape index (κ3) is 6.66. The van der Waals surface area contributed by atoms with E-state index in [9.17, 15) is 8.42 Å². The number of halogens is 1. The molecule has 2 N–H and O–H groups in total. The minimum Gasteiger partial charge on any atom is -0.354 e. The first-order valence-electron chi connectivity index (χ1n) is 7.90. The van der Waals surface area contributed by atoms with E-state index in [0.717, 1.165) is 25.2 Å². The van der Waals surface area contributed by atoms with E-state index >= 15 is 0 Å². The number of rotatable bonds is 7. The molecule has 1 aliphatic carbocycles. The van der Waals surface area contributed by atoms with Crippen LogP contribution in [0.5, 0.6) is 0 Å². The number of hydrogen-bond acceptors (Lipinski definition) is 3. The highest BCUT2D eigenvalue weighted by atomic mass is 127. The van der Waals surface area contributed by atoms with Gasteiger partial charge in [-0.3, -0.25) is 4.99 Å². The lowest BCUT2D eigenvalue weighted by Gasteiger charge is -2.20. The predicted molar refractivity (Wildman–Crippen MR) is 105 cm³/mol. The van der Waals surface area contributed by atoms with E-state index in [1.54, 1.807) is 24.3 Å². The molecular weight excluding hydrogens is 425 g/mol. The van der Waals surface area contributed by atoms with Gasteiger partial charge in [0.1, 0.15) is 0 Å². The van der Waals surface area contributed by atoms with Crippen molar-refractivity contribution in [3.63, 3.8) is 0 Å². The molecule has 7 heteroatoms. The number of nitrogens with zero attached hydrogens (tertiary/aromatic N) is 1. The van der Waals surface area contributed by atoms with Gasteiger partial charge in [0.15, 0.2) is 15.8 Å². The quantitative estimate of drug-likeness (QED) is 0.380. The number of benzene rings is 1. The summed E-state index contributed by atoms with van der Waals surface area (Å²) in [6.07, 6.45) is 3.04. The molecule has 0 saturated heterocycles. The van der Waals surface area contributed by atoms with Gasteiger partial charge < -0.3 is 10.6 Å². The summed E-state index contributed by atoms with van der Waals surface area (Å²) in [5.41, 5.74) is 0. The summed E-state index contributed by atoms with van der Waals surface area (Å²) in [5, 5.41) is 6.59. The summed E-state index contributed by atoms with van der Waals surface area (Å²) >= 11 is 0. The molecule has 0 spiro atoms. The van der Waals surface area contributed by atoms with E-state index in [-0.39, 0.29) is 35.8 Å². The molecule has 5 nitrogen and oxygen atoms in total. The predicted octanol–water partition coefficient (Wildman–Crippen LogP) is 2.57. The molecule has 1 atom stereocenters. The summed E-state index contributed by atoms with van der Waals surface area (Å²) in [5.74, 6) is 0.794. The van der Waals surface area contributed by atoms with E-state index in [0.29, 0.717) is 17.5 Å². The first-order valence-corrected chi connectivity index (χ1v) is 9.55. The van der Waals surface area contributed by atoms with Gasteiger partial charge in [-0.25, -0.2) is 8.42 Å². The van der Waals surface area contributed by atoms with E-state index in [1.165, 1.54) is 0 Å². The topological polar surface area (TPSA) is 70.6 Å². The average molecular weight is 451 g/mol. The Morgan fingerprint density at radius 2 is 1.91 bits per heavy atom. The molecule has 1 saturated carbocycles. The Hall–Kier alpha value is -0.830. The van der Waals surface area contributed by atoms with Crippen LogP contribution in [0.2, 0.25) is 0 Å². The van der Waals surface area contributed by atoms with Crippen molar-refractivity contribution >= 4 is 39.8 Å². The van der Waals surface area contributed by atoms with Crippen molar-refractivity contribution < 1.29 is 8.42 Å². The summed E-state index contributed by atoms with van der Waals surface area (Å²) < 4.78 is 25.0. The smallest absolute Gasteiger partial charge is 0.191 e. The number of nitrogens with one attached hydrogen (secondary N) is 2. The van der Waals surface area contributed by atoms with Crippen LogP contribution in [0.4, 0.5) is 0 Å². The monoisotopic (exact) mass is 451 g/mol. The van der Waals surface area contributed by atoms with E-state index in [2.05, 4.69) is 15.6 Å². The van der Waals surface area contributed by atoms with Crippen molar-refractivity contribution in [1.82, 2.24) is 10.6 Å². The maximum absolute atomic E-state index is 12.5. The number of sulfone groups is 1. The molecule has 1 aliphatic rings. The lowest BCUT2D eigenvalue weighted by molar-refractivity contribution is 0.568. The molecule has 0 aliphatic heterocycles. The van der Waals surface area contributed by atoms with Gasteiger partial charge in [-0.1, -0.05) is 25.1 Å². The molecule has 1 fully saturated rings. The Bertz CT molecular complexity index is 601. The maximum atomic E-state index is 12.5. The SMILES string of the molecule is CCN=C(NC1CC1)NC(CC)CS(=O)(=O)c1ccccc1.I. The van der Waals surface area contributed by atoms with E-state index in [1.807, 2.05) is 19.9 Å². The molecule has 0 heterocycles. The molecule has 0 radical (unpaired) electrons. The molecule has 2 rings (SSSR count). The van der Waals surface area contributed by atoms with Crippen molar-refractivity contribution in [2.24, 2.45) is 4.99 Å². The Labute approximate surface area is 156 Å². The van der Waals surface area contributed by atoms with Gasteiger partial charge in [-0.2, -0.15) is 0 Å². The molecule has 0 amide bonds. The Morgan fingerprint density at radius 3 is 2.43 bits per heavy atom. The van der Waals surface area contributed by atoms with E-state index in [4.69, 9.17) is 0 Å². The van der Waals surface area contributed by atoms with Crippen molar-refractivity contribution in [2.75, 3.05) is 12.3 Å². The average Bonchev–Trinajstić information content (AvgIpc) is 3.31. The molecule has 1 aromatic rings. The van der Waals surface area contributed by atoms with Gasteiger partial charge in [0, 0.05) is 18.6 Å². The Kier molecular flexibility index (Phi) is 8.32. The summed E-state index contributed by atoms with van der Waals surface area (Å²) in [6, 6.07) is 8.94. The van der Waals surface area contributed by atoms with Crippen LogP contribution in [0.3, 0.4) is 0 Å². The van der Waals surface area contributed by atoms with Crippen LogP contribution in [0.1, 0.15) is 33.1 Å². The van der Waals surface area contributed by atoms with Gasteiger partial charge in [-0.05, 0) is 38.3 Å². The highest BCUT2D eigenvalue weighted by molar-refractivity contribution is 14.0. The highest BCUT2D eigenvalue weighted by Crippen LogP contribution is 2.18. The first-order chi connectivity index (χ1) is 10.5. The second kappa shape index (κ2) is 9.46. The van der Waals surface area contributed by atoms with Crippen molar-refractivity contribution in [2.45, 2.75) is 50.1 Å². The molecule has 1 unspecified atom stereocenters. The van der Waals surface area contributed by atoms with Crippen LogP contribution in [-0.4, -0.2) is 38.8 Å². The second-order valence-electron chi connectivity index (χ2n) is 5.59. The Morgan fingerprint density at radius 1 is 1.26 bits per heavy atom. The van der Waals surface area contributed by atoms with Crippen LogP contribution in [0, 0.1) is 0 Å². The van der Waals surface area contributed by atoms with Gasteiger partial charge in [0.25, 0.3) is 0 Å². The molecule has 130 valence electrons. The fraction of sp³-hybridized carbons (Fsp3) is 0.562. The van der Waals surface area contributed by atoms with Crippen LogP contribution >= 0.6 is 24.0 Å². The zero-order valence-corrected chi connectivity index (χ0v) is 16.8. The lowest BCUT2D eigenvalue weighted by atomic mass is 10.3. The Balaban J connectivity index is 0.00000264. The second-order valence-corrected chi connectivity index (χ2v) is 7.62. The molecule has 1 aromatic carbocycles. The minimum absolute atomic E-state index is 0. The van der Waals surface area contributed by atoms with Gasteiger partial charge >= 0.3 is 0 Å². The fourth-order valence-corrected chi connectivity index (χ4v) is 3.77. The molecule has 0 bridgehead atoms. The van der Waals surface area contributed by atoms with Crippen molar-refractivity contribution in [3.8, 4) is 0 Å². The molecule has 0 aromatic heterocycles. The third-order valence-corrected chi connectivity index (χ3v) is 5.42. The number of hydrogen-bond donors (Lipinski definition) is 2. The van der Waals surface area contributed by atoms with Gasteiger partial charge in [0.05, 0.1) is 10.6 Å². The van der Waals surface area contributed by atoms with Crippen LogP contribution in [0.25, 0.3) is 0 Å². The lowest BCUT2D eigenvalue weighted by Crippen LogP contribution is -2.46. The largest absolute Gasteiger partial charge is 0.354 e. The van der Waals surface area contributed by atoms with Gasteiger partial charge in [-0.15, -0.1) is 24.0 Å². The van der Waals surface area contributed by atoms with Crippen molar-refractivity contribution in [3.05, 3.63) is 30.3 Å². The number of guanidine groups is 1. The minimum atomic E-state index is -3.29. The van der Waals surface area contributed by atoms with Crippen LogP contribution in [0.15, 0.2) is 40.2 Å². The summed E-state index contributed by atoms with van der Waals surface area (Å²) in [4.78, 5) is 4.77. The maximum Gasteiger partial charge on any atom is 0.191 e. The first kappa shape index (κ1) is 20.2. The van der Waals surface area contributed by atoms with Gasteiger partial charge in [0.2, 0.25) is 0 Å². The zero-order chi connectivity index (χ0) is 16.0. The van der Waals surface area contributed by atoms with E-state index < -0.39 is 9.84 Å². The van der Waals surface area contributed by atoms with Crippen LogP contribution in [-0.2, 0) is 9.84 Å².